The van der Waals surface area contributed by atoms with E-state index >= 15 is 0 Å². The van der Waals surface area contributed by atoms with Gasteiger partial charge in [-0.3, -0.25) is 9.59 Å². The summed E-state index contributed by atoms with van der Waals surface area (Å²) in [6.45, 7) is -2.90. The number of halogens is 2. The fraction of sp³-hybridized carbons (Fsp3) is 0.143. The number of methoxy groups -OCH3 is 1. The molecule has 3 aromatic rings. The number of ether oxygens (including phenoxy) is 2. The summed E-state index contributed by atoms with van der Waals surface area (Å²) >= 11 is 0. The Kier molecular flexibility index (Phi) is 6.23. The van der Waals surface area contributed by atoms with Crippen LogP contribution >= 0.6 is 0 Å². The van der Waals surface area contributed by atoms with Gasteiger partial charge in [0.25, 0.3) is 11.5 Å². The molecule has 29 heavy (non-hydrogen) atoms. The van der Waals surface area contributed by atoms with E-state index in [1.807, 2.05) is 30.3 Å². The van der Waals surface area contributed by atoms with E-state index in [1.165, 1.54) is 31.4 Å². The Morgan fingerprint density at radius 1 is 1.07 bits per heavy atom. The maximum absolute atomic E-state index is 12.4. The molecule has 1 aromatic heterocycles. The van der Waals surface area contributed by atoms with Crippen LogP contribution in [0.15, 0.2) is 65.5 Å². The average Bonchev–Trinajstić information content (AvgIpc) is 2.73. The lowest BCUT2D eigenvalue weighted by Gasteiger charge is -2.12. The van der Waals surface area contributed by atoms with Crippen molar-refractivity contribution in [3.05, 3.63) is 82.1 Å². The number of rotatable bonds is 7. The smallest absolute Gasteiger partial charge is 0.387 e. The Morgan fingerprint density at radius 2 is 1.83 bits per heavy atom. The summed E-state index contributed by atoms with van der Waals surface area (Å²) in [6.07, 6.45) is 0. The molecule has 3 rings (SSSR count). The highest BCUT2D eigenvalue weighted by Gasteiger charge is 2.14. The first kappa shape index (κ1) is 20.1. The Morgan fingerprint density at radius 3 is 2.48 bits per heavy atom. The molecule has 8 heteroatoms. The highest BCUT2D eigenvalue weighted by atomic mass is 19.3. The van der Waals surface area contributed by atoms with Gasteiger partial charge in [0, 0.05) is 12.2 Å². The second-order valence-electron chi connectivity index (χ2n) is 6.03. The number of aromatic amines is 1. The maximum atomic E-state index is 12.4. The highest BCUT2D eigenvalue weighted by molar-refractivity contribution is 5.94. The average molecular weight is 400 g/mol. The lowest BCUT2D eigenvalue weighted by Crippen LogP contribution is -2.29. The molecule has 0 spiro atoms. The van der Waals surface area contributed by atoms with Crippen molar-refractivity contribution in [3.63, 3.8) is 0 Å². The molecule has 6 nitrogen and oxygen atoms in total. The molecule has 1 amide bonds. The van der Waals surface area contributed by atoms with Crippen molar-refractivity contribution < 1.29 is 23.0 Å². The SMILES string of the molecule is COc1cc(CNC(=O)c2ccc(-c3ccccc3)[nH]c2=O)ccc1OC(F)F. The molecule has 0 aliphatic rings. The van der Waals surface area contributed by atoms with Crippen LogP contribution in [0.25, 0.3) is 11.3 Å². The molecule has 2 aromatic carbocycles. The van der Waals surface area contributed by atoms with E-state index in [0.29, 0.717) is 11.3 Å². The number of aromatic nitrogens is 1. The summed E-state index contributed by atoms with van der Waals surface area (Å²) in [4.78, 5) is 27.3. The third kappa shape index (κ3) is 4.98. The van der Waals surface area contributed by atoms with Crippen molar-refractivity contribution in [2.75, 3.05) is 7.11 Å². The monoisotopic (exact) mass is 400 g/mol. The van der Waals surface area contributed by atoms with Gasteiger partial charge in [-0.25, -0.2) is 0 Å². The Hall–Kier alpha value is -3.68. The van der Waals surface area contributed by atoms with Crippen molar-refractivity contribution in [2.45, 2.75) is 13.2 Å². The molecule has 1 heterocycles. The second kappa shape index (κ2) is 9.01. The number of hydrogen-bond donors (Lipinski definition) is 2. The Labute approximate surface area is 165 Å². The van der Waals surface area contributed by atoms with E-state index in [4.69, 9.17) is 4.74 Å². The minimum absolute atomic E-state index is 0.0331. The third-order valence-electron chi connectivity index (χ3n) is 4.14. The first-order chi connectivity index (χ1) is 14.0. The van der Waals surface area contributed by atoms with Crippen LogP contribution in [-0.2, 0) is 6.54 Å². The van der Waals surface area contributed by atoms with Gasteiger partial charge in [0.1, 0.15) is 5.56 Å². The summed E-state index contributed by atoms with van der Waals surface area (Å²) in [5, 5.41) is 2.62. The van der Waals surface area contributed by atoms with E-state index in [-0.39, 0.29) is 23.6 Å². The van der Waals surface area contributed by atoms with E-state index in [0.717, 1.165) is 5.56 Å². The largest absolute Gasteiger partial charge is 0.493 e. The molecule has 0 bridgehead atoms. The second-order valence-corrected chi connectivity index (χ2v) is 6.03. The molecule has 0 saturated carbocycles. The molecule has 0 atom stereocenters. The van der Waals surface area contributed by atoms with Gasteiger partial charge >= 0.3 is 6.61 Å². The molecule has 0 fully saturated rings. The molecular formula is C21H18F2N2O4. The molecule has 0 aliphatic carbocycles. The van der Waals surface area contributed by atoms with Crippen LogP contribution in [-0.4, -0.2) is 24.6 Å². The number of carbonyl (C=O) groups is 1. The zero-order valence-corrected chi connectivity index (χ0v) is 15.4. The molecule has 0 radical (unpaired) electrons. The standard InChI is InChI=1S/C21H18F2N2O4/c1-28-18-11-13(7-10-17(18)29-21(22)23)12-24-19(26)15-8-9-16(25-20(15)27)14-5-3-2-4-6-14/h2-11,21H,12H2,1H3,(H,24,26)(H,25,27). The number of carbonyl (C=O) groups excluding carboxylic acids is 1. The Bertz CT molecular complexity index is 1050. The third-order valence-corrected chi connectivity index (χ3v) is 4.14. The van der Waals surface area contributed by atoms with Gasteiger partial charge in [0.2, 0.25) is 0 Å². The van der Waals surface area contributed by atoms with Gasteiger partial charge in [0.05, 0.1) is 7.11 Å². The van der Waals surface area contributed by atoms with Crippen LogP contribution < -0.4 is 20.3 Å². The summed E-state index contributed by atoms with van der Waals surface area (Å²) < 4.78 is 34.2. The van der Waals surface area contributed by atoms with Gasteiger partial charge in [-0.2, -0.15) is 8.78 Å². The summed E-state index contributed by atoms with van der Waals surface area (Å²) in [5.74, 6) is -0.551. The van der Waals surface area contributed by atoms with Gasteiger partial charge in [0.15, 0.2) is 11.5 Å². The summed E-state index contributed by atoms with van der Waals surface area (Å²) in [6, 6.07) is 16.7. The zero-order chi connectivity index (χ0) is 20.8. The van der Waals surface area contributed by atoms with Crippen LogP contribution in [0.3, 0.4) is 0 Å². The van der Waals surface area contributed by atoms with Crippen molar-refractivity contribution in [3.8, 4) is 22.8 Å². The number of amides is 1. The molecule has 0 unspecified atom stereocenters. The molecule has 0 saturated heterocycles. The molecular weight excluding hydrogens is 382 g/mol. The quantitative estimate of drug-likeness (QED) is 0.635. The van der Waals surface area contributed by atoms with E-state index < -0.39 is 18.1 Å². The van der Waals surface area contributed by atoms with E-state index in [1.54, 1.807) is 6.07 Å². The predicted octanol–water partition coefficient (Wildman–Crippen LogP) is 3.58. The number of benzene rings is 2. The first-order valence-corrected chi connectivity index (χ1v) is 8.66. The minimum Gasteiger partial charge on any atom is -0.493 e. The van der Waals surface area contributed by atoms with Crippen molar-refractivity contribution >= 4 is 5.91 Å². The fourth-order valence-corrected chi connectivity index (χ4v) is 2.73. The normalized spacial score (nSPS) is 10.6. The summed E-state index contributed by atoms with van der Waals surface area (Å²) in [7, 11) is 1.32. The molecule has 150 valence electrons. The Balaban J connectivity index is 1.70. The molecule has 2 N–H and O–H groups in total. The van der Waals surface area contributed by atoms with Crippen molar-refractivity contribution in [2.24, 2.45) is 0 Å². The van der Waals surface area contributed by atoms with Gasteiger partial charge in [-0.1, -0.05) is 36.4 Å². The van der Waals surface area contributed by atoms with Crippen LogP contribution in [0.4, 0.5) is 8.78 Å². The topological polar surface area (TPSA) is 80.4 Å². The van der Waals surface area contributed by atoms with E-state index in [9.17, 15) is 18.4 Å². The lowest BCUT2D eigenvalue weighted by atomic mass is 10.1. The predicted molar refractivity (Wildman–Crippen MR) is 103 cm³/mol. The number of pyridine rings is 1. The minimum atomic E-state index is -2.97. The van der Waals surface area contributed by atoms with Crippen LogP contribution in [0.2, 0.25) is 0 Å². The van der Waals surface area contributed by atoms with Gasteiger partial charge in [-0.15, -0.1) is 0 Å². The van der Waals surface area contributed by atoms with Crippen molar-refractivity contribution in [1.82, 2.24) is 10.3 Å². The number of H-pyrrole nitrogens is 1. The zero-order valence-electron chi connectivity index (χ0n) is 15.4. The van der Waals surface area contributed by atoms with E-state index in [2.05, 4.69) is 15.0 Å². The lowest BCUT2D eigenvalue weighted by molar-refractivity contribution is -0.0512. The number of hydrogen-bond acceptors (Lipinski definition) is 4. The summed E-state index contributed by atoms with van der Waals surface area (Å²) in [5.41, 5.74) is 1.48. The van der Waals surface area contributed by atoms with Crippen LogP contribution in [0.5, 0.6) is 11.5 Å². The van der Waals surface area contributed by atoms with Crippen LogP contribution in [0.1, 0.15) is 15.9 Å². The maximum Gasteiger partial charge on any atom is 0.387 e. The van der Waals surface area contributed by atoms with Crippen molar-refractivity contribution in [1.29, 1.82) is 0 Å². The molecule has 0 aliphatic heterocycles. The van der Waals surface area contributed by atoms with Crippen LogP contribution in [0, 0.1) is 0 Å². The fourth-order valence-electron chi connectivity index (χ4n) is 2.73. The van der Waals surface area contributed by atoms with Gasteiger partial charge in [-0.05, 0) is 35.4 Å². The highest BCUT2D eigenvalue weighted by Crippen LogP contribution is 2.29. The van der Waals surface area contributed by atoms with Gasteiger partial charge < -0.3 is 19.8 Å². The number of alkyl halides is 2. The number of nitrogens with one attached hydrogen (secondary N) is 2. The first-order valence-electron chi connectivity index (χ1n) is 8.66.